The monoisotopic (exact) mass is 365 g/mol. The molecule has 0 fully saturated rings. The van der Waals surface area contributed by atoms with Crippen LogP contribution in [0, 0.1) is 5.92 Å². The Labute approximate surface area is 158 Å². The highest BCUT2D eigenvalue weighted by molar-refractivity contribution is 7.98. The SMILES string of the molecule is CSc1ccc(CNC(=O)c2ccc3c(c2)nc2n3CC[C@H](C)C2)cc1. The van der Waals surface area contributed by atoms with Crippen molar-refractivity contribution in [3.05, 3.63) is 59.4 Å². The highest BCUT2D eigenvalue weighted by Gasteiger charge is 2.19. The second kappa shape index (κ2) is 7.16. The number of hydrogen-bond acceptors (Lipinski definition) is 3. The van der Waals surface area contributed by atoms with Gasteiger partial charge in [-0.15, -0.1) is 11.8 Å². The van der Waals surface area contributed by atoms with Crippen LogP contribution in [0.5, 0.6) is 0 Å². The van der Waals surface area contributed by atoms with Crippen molar-refractivity contribution in [2.45, 2.75) is 37.8 Å². The van der Waals surface area contributed by atoms with Crippen LogP contribution in [0.3, 0.4) is 0 Å². The fourth-order valence-corrected chi connectivity index (χ4v) is 3.93. The molecular formula is C21H23N3OS. The lowest BCUT2D eigenvalue weighted by molar-refractivity contribution is 0.0951. The highest BCUT2D eigenvalue weighted by atomic mass is 32.2. The van der Waals surface area contributed by atoms with Crippen molar-refractivity contribution in [3.8, 4) is 0 Å². The Morgan fingerprint density at radius 1 is 1.27 bits per heavy atom. The zero-order chi connectivity index (χ0) is 18.1. The van der Waals surface area contributed by atoms with E-state index in [1.807, 2.05) is 18.2 Å². The van der Waals surface area contributed by atoms with E-state index in [-0.39, 0.29) is 5.91 Å². The summed E-state index contributed by atoms with van der Waals surface area (Å²) in [6.07, 6.45) is 4.26. The summed E-state index contributed by atoms with van der Waals surface area (Å²) < 4.78 is 2.30. The fraction of sp³-hybridized carbons (Fsp3) is 0.333. The van der Waals surface area contributed by atoms with Gasteiger partial charge in [-0.1, -0.05) is 19.1 Å². The smallest absolute Gasteiger partial charge is 0.251 e. The van der Waals surface area contributed by atoms with Gasteiger partial charge in [-0.05, 0) is 54.5 Å². The summed E-state index contributed by atoms with van der Waals surface area (Å²) in [6, 6.07) is 14.1. The van der Waals surface area contributed by atoms with Gasteiger partial charge in [-0.25, -0.2) is 4.98 Å². The third-order valence-corrected chi connectivity index (χ3v) is 5.82. The van der Waals surface area contributed by atoms with Crippen molar-refractivity contribution in [2.24, 2.45) is 5.92 Å². The number of amides is 1. The maximum Gasteiger partial charge on any atom is 0.251 e. The van der Waals surface area contributed by atoms with Crippen molar-refractivity contribution in [2.75, 3.05) is 6.26 Å². The van der Waals surface area contributed by atoms with Gasteiger partial charge in [0, 0.05) is 30.0 Å². The average Bonchev–Trinajstić information content (AvgIpc) is 3.02. The lowest BCUT2D eigenvalue weighted by Gasteiger charge is -2.19. The summed E-state index contributed by atoms with van der Waals surface area (Å²) in [4.78, 5) is 18.5. The first-order valence-electron chi connectivity index (χ1n) is 9.04. The first-order chi connectivity index (χ1) is 12.6. The molecule has 3 aromatic rings. The van der Waals surface area contributed by atoms with Crippen LogP contribution in [0.2, 0.25) is 0 Å². The minimum atomic E-state index is -0.0554. The van der Waals surface area contributed by atoms with Crippen LogP contribution < -0.4 is 5.32 Å². The van der Waals surface area contributed by atoms with Crippen molar-refractivity contribution in [1.82, 2.24) is 14.9 Å². The van der Waals surface area contributed by atoms with Crippen LogP contribution in [0.4, 0.5) is 0 Å². The number of benzene rings is 2. The Morgan fingerprint density at radius 3 is 2.85 bits per heavy atom. The Kier molecular flexibility index (Phi) is 4.72. The van der Waals surface area contributed by atoms with Crippen molar-refractivity contribution in [1.29, 1.82) is 0 Å². The molecular weight excluding hydrogens is 342 g/mol. The number of aromatic nitrogens is 2. The quantitative estimate of drug-likeness (QED) is 0.702. The number of hydrogen-bond donors (Lipinski definition) is 1. The number of aryl methyl sites for hydroxylation is 1. The van der Waals surface area contributed by atoms with Gasteiger partial charge < -0.3 is 9.88 Å². The van der Waals surface area contributed by atoms with Gasteiger partial charge >= 0.3 is 0 Å². The summed E-state index contributed by atoms with van der Waals surface area (Å²) >= 11 is 1.71. The summed E-state index contributed by atoms with van der Waals surface area (Å²) in [7, 11) is 0. The van der Waals surface area contributed by atoms with Crippen molar-refractivity contribution >= 4 is 28.7 Å². The molecule has 2 aromatic carbocycles. The van der Waals surface area contributed by atoms with Crippen LogP contribution in [0.1, 0.15) is 35.1 Å². The van der Waals surface area contributed by atoms with Crippen LogP contribution in [-0.2, 0) is 19.5 Å². The molecule has 0 saturated heterocycles. The molecule has 1 amide bonds. The van der Waals surface area contributed by atoms with Crippen LogP contribution in [0.25, 0.3) is 11.0 Å². The first kappa shape index (κ1) is 17.2. The zero-order valence-corrected chi connectivity index (χ0v) is 16.0. The molecule has 0 spiro atoms. The third kappa shape index (κ3) is 3.36. The largest absolute Gasteiger partial charge is 0.348 e. The number of nitrogens with zero attached hydrogens (tertiary/aromatic N) is 2. The Balaban J connectivity index is 1.49. The van der Waals surface area contributed by atoms with Gasteiger partial charge in [0.15, 0.2) is 0 Å². The second-order valence-corrected chi connectivity index (χ2v) is 7.89. The van der Waals surface area contributed by atoms with E-state index in [4.69, 9.17) is 4.98 Å². The standard InChI is InChI=1S/C21H23N3OS/c1-14-9-10-24-19-8-5-16(12-18(19)23-20(24)11-14)21(25)22-13-15-3-6-17(26-2)7-4-15/h3-8,12,14H,9-11,13H2,1-2H3,(H,22,25)/t14-/m0/s1. The van der Waals surface area contributed by atoms with E-state index in [1.54, 1.807) is 11.8 Å². The molecule has 1 atom stereocenters. The van der Waals surface area contributed by atoms with Gasteiger partial charge in [0.25, 0.3) is 5.91 Å². The molecule has 2 heterocycles. The van der Waals surface area contributed by atoms with Gasteiger partial charge in [0.1, 0.15) is 5.82 Å². The second-order valence-electron chi connectivity index (χ2n) is 7.01. The molecule has 1 aliphatic rings. The summed E-state index contributed by atoms with van der Waals surface area (Å²) in [5.74, 6) is 1.77. The van der Waals surface area contributed by atoms with E-state index >= 15 is 0 Å². The molecule has 0 bridgehead atoms. The fourth-order valence-electron chi connectivity index (χ4n) is 3.52. The number of imidazole rings is 1. The van der Waals surface area contributed by atoms with E-state index < -0.39 is 0 Å². The number of carbonyl (C=O) groups excluding carboxylic acids is 1. The predicted octanol–water partition coefficient (Wildman–Crippen LogP) is 4.27. The summed E-state index contributed by atoms with van der Waals surface area (Å²) in [6.45, 7) is 3.82. The van der Waals surface area contributed by atoms with Gasteiger partial charge in [0.2, 0.25) is 0 Å². The van der Waals surface area contributed by atoms with Gasteiger partial charge in [-0.3, -0.25) is 4.79 Å². The lowest BCUT2D eigenvalue weighted by atomic mass is 10.0. The lowest BCUT2D eigenvalue weighted by Crippen LogP contribution is -2.22. The third-order valence-electron chi connectivity index (χ3n) is 5.08. The van der Waals surface area contributed by atoms with E-state index in [0.717, 1.165) is 35.4 Å². The molecule has 5 heteroatoms. The number of fused-ring (bicyclic) bond motifs is 3. The molecule has 1 N–H and O–H groups in total. The van der Waals surface area contributed by atoms with E-state index in [9.17, 15) is 4.79 Å². The normalized spacial score (nSPS) is 16.5. The minimum absolute atomic E-state index is 0.0554. The van der Waals surface area contributed by atoms with E-state index in [2.05, 4.69) is 47.3 Å². The Hall–Kier alpha value is -2.27. The molecule has 0 radical (unpaired) electrons. The Bertz CT molecular complexity index is 946. The molecule has 0 saturated carbocycles. The molecule has 26 heavy (non-hydrogen) atoms. The topological polar surface area (TPSA) is 46.9 Å². The molecule has 134 valence electrons. The van der Waals surface area contributed by atoms with Crippen LogP contribution in [0.15, 0.2) is 47.4 Å². The summed E-state index contributed by atoms with van der Waals surface area (Å²) in [5, 5.41) is 3.01. The minimum Gasteiger partial charge on any atom is -0.348 e. The average molecular weight is 366 g/mol. The van der Waals surface area contributed by atoms with Crippen molar-refractivity contribution < 1.29 is 4.79 Å². The maximum atomic E-state index is 12.5. The van der Waals surface area contributed by atoms with Gasteiger partial charge in [-0.2, -0.15) is 0 Å². The number of rotatable bonds is 4. The van der Waals surface area contributed by atoms with Gasteiger partial charge in [0.05, 0.1) is 11.0 Å². The Morgan fingerprint density at radius 2 is 2.08 bits per heavy atom. The number of nitrogens with one attached hydrogen (secondary N) is 1. The molecule has 4 nitrogen and oxygen atoms in total. The maximum absolute atomic E-state index is 12.5. The molecule has 1 aliphatic heterocycles. The first-order valence-corrected chi connectivity index (χ1v) is 10.3. The highest BCUT2D eigenvalue weighted by Crippen LogP contribution is 2.25. The van der Waals surface area contributed by atoms with E-state index in [0.29, 0.717) is 18.0 Å². The molecule has 0 aliphatic carbocycles. The molecule has 0 unspecified atom stereocenters. The zero-order valence-electron chi connectivity index (χ0n) is 15.2. The molecule has 4 rings (SSSR count). The summed E-state index contributed by atoms with van der Waals surface area (Å²) in [5.41, 5.74) is 3.83. The molecule has 1 aromatic heterocycles. The van der Waals surface area contributed by atoms with Crippen molar-refractivity contribution in [3.63, 3.8) is 0 Å². The number of thioether (sulfide) groups is 1. The predicted molar refractivity (Wildman–Crippen MR) is 107 cm³/mol. The van der Waals surface area contributed by atoms with Crippen LogP contribution in [-0.4, -0.2) is 21.7 Å². The number of carbonyl (C=O) groups is 1. The van der Waals surface area contributed by atoms with E-state index in [1.165, 1.54) is 11.3 Å². The van der Waals surface area contributed by atoms with Crippen LogP contribution >= 0.6 is 11.8 Å².